The van der Waals surface area contributed by atoms with Gasteiger partial charge in [0, 0.05) is 24.0 Å². The average Bonchev–Trinajstić information content (AvgIpc) is 2.79. The molecular formula is C14H12ClN3S. The molecule has 0 unspecified atom stereocenters. The van der Waals surface area contributed by atoms with Crippen LogP contribution in [-0.4, -0.2) is 14.5 Å². The van der Waals surface area contributed by atoms with Crippen molar-refractivity contribution in [1.82, 2.24) is 14.5 Å². The van der Waals surface area contributed by atoms with E-state index in [0.717, 1.165) is 26.8 Å². The van der Waals surface area contributed by atoms with Gasteiger partial charge in [-0.2, -0.15) is 0 Å². The SMILES string of the molecule is Cn1cnc2ccnc(SCc3cccc(Cl)c3)c21. The number of pyridine rings is 1. The van der Waals surface area contributed by atoms with Crippen LogP contribution in [0.4, 0.5) is 0 Å². The molecule has 19 heavy (non-hydrogen) atoms. The van der Waals surface area contributed by atoms with Crippen LogP contribution in [0, 0.1) is 0 Å². The molecule has 3 nitrogen and oxygen atoms in total. The second-order valence-corrected chi connectivity index (χ2v) is 5.66. The normalized spacial score (nSPS) is 11.1. The zero-order valence-electron chi connectivity index (χ0n) is 10.4. The zero-order valence-corrected chi connectivity index (χ0v) is 11.9. The zero-order chi connectivity index (χ0) is 13.2. The number of imidazole rings is 1. The smallest absolute Gasteiger partial charge is 0.122 e. The molecule has 2 heterocycles. The third-order valence-corrected chi connectivity index (χ3v) is 4.14. The standard InChI is InChI=1S/C14H12ClN3S/c1-18-9-17-12-5-6-16-14(13(12)18)19-8-10-3-2-4-11(15)7-10/h2-7,9H,8H2,1H3. The molecule has 0 aliphatic rings. The summed E-state index contributed by atoms with van der Waals surface area (Å²) in [6.45, 7) is 0. The molecule has 0 N–H and O–H groups in total. The Morgan fingerprint density at radius 3 is 3.00 bits per heavy atom. The van der Waals surface area contributed by atoms with Gasteiger partial charge in [-0.25, -0.2) is 9.97 Å². The predicted octanol–water partition coefficient (Wildman–Crippen LogP) is 3.91. The molecule has 0 saturated heterocycles. The number of benzene rings is 1. The van der Waals surface area contributed by atoms with Crippen molar-refractivity contribution in [3.63, 3.8) is 0 Å². The Morgan fingerprint density at radius 2 is 2.16 bits per heavy atom. The van der Waals surface area contributed by atoms with Gasteiger partial charge in [-0.15, -0.1) is 0 Å². The fraction of sp³-hybridized carbons (Fsp3) is 0.143. The maximum Gasteiger partial charge on any atom is 0.122 e. The average molecular weight is 290 g/mol. The minimum absolute atomic E-state index is 0.768. The van der Waals surface area contributed by atoms with Crippen molar-refractivity contribution in [1.29, 1.82) is 0 Å². The van der Waals surface area contributed by atoms with Crippen LogP contribution in [0.1, 0.15) is 5.56 Å². The Labute approximate surface area is 120 Å². The lowest BCUT2D eigenvalue weighted by atomic mass is 10.2. The Bertz CT molecular complexity index is 724. The van der Waals surface area contributed by atoms with Gasteiger partial charge in [0.05, 0.1) is 11.8 Å². The molecule has 5 heteroatoms. The number of halogens is 1. The van der Waals surface area contributed by atoms with E-state index in [2.05, 4.69) is 16.0 Å². The highest BCUT2D eigenvalue weighted by Crippen LogP contribution is 2.28. The summed E-state index contributed by atoms with van der Waals surface area (Å²) in [5.41, 5.74) is 3.25. The van der Waals surface area contributed by atoms with Crippen LogP contribution in [-0.2, 0) is 12.8 Å². The maximum atomic E-state index is 5.99. The number of rotatable bonds is 3. The minimum atomic E-state index is 0.768. The topological polar surface area (TPSA) is 30.7 Å². The van der Waals surface area contributed by atoms with E-state index in [1.54, 1.807) is 18.0 Å². The van der Waals surface area contributed by atoms with Crippen molar-refractivity contribution in [2.75, 3.05) is 0 Å². The van der Waals surface area contributed by atoms with Crippen LogP contribution in [0.15, 0.2) is 47.9 Å². The summed E-state index contributed by atoms with van der Waals surface area (Å²) in [4.78, 5) is 8.78. The van der Waals surface area contributed by atoms with E-state index in [9.17, 15) is 0 Å². The second kappa shape index (κ2) is 5.23. The summed E-state index contributed by atoms with van der Waals surface area (Å²) in [6, 6.07) is 9.84. The van der Waals surface area contributed by atoms with Gasteiger partial charge in [0.25, 0.3) is 0 Å². The van der Waals surface area contributed by atoms with Crippen molar-refractivity contribution < 1.29 is 0 Å². The van der Waals surface area contributed by atoms with Gasteiger partial charge in [0.2, 0.25) is 0 Å². The van der Waals surface area contributed by atoms with Crippen molar-refractivity contribution in [3.05, 3.63) is 53.4 Å². The van der Waals surface area contributed by atoms with E-state index in [1.807, 2.05) is 42.2 Å². The van der Waals surface area contributed by atoms with Gasteiger partial charge in [0.15, 0.2) is 0 Å². The van der Waals surface area contributed by atoms with E-state index in [-0.39, 0.29) is 0 Å². The molecule has 0 atom stereocenters. The number of hydrogen-bond acceptors (Lipinski definition) is 3. The van der Waals surface area contributed by atoms with Gasteiger partial charge in [-0.05, 0) is 23.8 Å². The molecule has 0 radical (unpaired) electrons. The highest BCUT2D eigenvalue weighted by atomic mass is 35.5. The molecule has 0 bridgehead atoms. The molecule has 0 aliphatic heterocycles. The Hall–Kier alpha value is -1.52. The first-order valence-electron chi connectivity index (χ1n) is 5.87. The second-order valence-electron chi connectivity index (χ2n) is 4.26. The first kappa shape index (κ1) is 12.5. The maximum absolute atomic E-state index is 5.99. The summed E-state index contributed by atoms with van der Waals surface area (Å²) in [6.07, 6.45) is 3.62. The van der Waals surface area contributed by atoms with Gasteiger partial charge >= 0.3 is 0 Å². The number of hydrogen-bond donors (Lipinski definition) is 0. The molecule has 3 rings (SSSR count). The summed E-state index contributed by atoms with van der Waals surface area (Å²) >= 11 is 7.69. The monoisotopic (exact) mass is 289 g/mol. The molecule has 0 amide bonds. The Kier molecular flexibility index (Phi) is 3.44. The van der Waals surface area contributed by atoms with Crippen LogP contribution in [0.2, 0.25) is 5.02 Å². The third kappa shape index (κ3) is 2.60. The lowest BCUT2D eigenvalue weighted by Gasteiger charge is -2.04. The number of fused-ring (bicyclic) bond motifs is 1. The Morgan fingerprint density at radius 1 is 1.26 bits per heavy atom. The molecule has 2 aromatic heterocycles. The largest absolute Gasteiger partial charge is 0.332 e. The van der Waals surface area contributed by atoms with Crippen LogP contribution in [0.5, 0.6) is 0 Å². The van der Waals surface area contributed by atoms with Gasteiger partial charge in [0.1, 0.15) is 10.5 Å². The molecule has 0 saturated carbocycles. The minimum Gasteiger partial charge on any atom is -0.332 e. The van der Waals surface area contributed by atoms with E-state index >= 15 is 0 Å². The summed E-state index contributed by atoms with van der Waals surface area (Å²) in [7, 11) is 1.99. The van der Waals surface area contributed by atoms with Crippen LogP contribution < -0.4 is 0 Å². The molecule has 0 aliphatic carbocycles. The number of thioether (sulfide) groups is 1. The third-order valence-electron chi connectivity index (χ3n) is 2.86. The number of nitrogens with zero attached hydrogens (tertiary/aromatic N) is 3. The van der Waals surface area contributed by atoms with E-state index < -0.39 is 0 Å². The molecule has 1 aromatic carbocycles. The van der Waals surface area contributed by atoms with E-state index in [0.29, 0.717) is 0 Å². The highest BCUT2D eigenvalue weighted by Gasteiger charge is 2.08. The lowest BCUT2D eigenvalue weighted by molar-refractivity contribution is 0.927. The molecule has 3 aromatic rings. The van der Waals surface area contributed by atoms with Crippen LogP contribution in [0.3, 0.4) is 0 Å². The Balaban J connectivity index is 1.88. The van der Waals surface area contributed by atoms with Crippen molar-refractivity contribution >= 4 is 34.4 Å². The molecule has 0 fully saturated rings. The fourth-order valence-corrected chi connectivity index (χ4v) is 3.17. The first-order valence-corrected chi connectivity index (χ1v) is 7.23. The van der Waals surface area contributed by atoms with Gasteiger partial charge < -0.3 is 4.57 Å². The lowest BCUT2D eigenvalue weighted by Crippen LogP contribution is -1.90. The van der Waals surface area contributed by atoms with Crippen molar-refractivity contribution in [3.8, 4) is 0 Å². The van der Waals surface area contributed by atoms with E-state index in [1.165, 1.54) is 5.56 Å². The van der Waals surface area contributed by atoms with E-state index in [4.69, 9.17) is 11.6 Å². The fourth-order valence-electron chi connectivity index (χ4n) is 1.95. The molecule has 0 spiro atoms. The van der Waals surface area contributed by atoms with Crippen LogP contribution >= 0.6 is 23.4 Å². The number of aromatic nitrogens is 3. The summed E-state index contributed by atoms with van der Waals surface area (Å²) in [5.74, 6) is 0.845. The summed E-state index contributed by atoms with van der Waals surface area (Å²) in [5, 5.41) is 1.77. The van der Waals surface area contributed by atoms with Gasteiger partial charge in [-0.1, -0.05) is 35.5 Å². The van der Waals surface area contributed by atoms with Crippen molar-refractivity contribution in [2.24, 2.45) is 7.05 Å². The molecule has 96 valence electrons. The number of aryl methyl sites for hydroxylation is 1. The van der Waals surface area contributed by atoms with Gasteiger partial charge in [-0.3, -0.25) is 0 Å². The predicted molar refractivity (Wildman–Crippen MR) is 79.5 cm³/mol. The van der Waals surface area contributed by atoms with Crippen molar-refractivity contribution in [2.45, 2.75) is 10.8 Å². The van der Waals surface area contributed by atoms with Crippen LogP contribution in [0.25, 0.3) is 11.0 Å². The molecular weight excluding hydrogens is 278 g/mol. The highest BCUT2D eigenvalue weighted by molar-refractivity contribution is 7.98. The quantitative estimate of drug-likeness (QED) is 0.685. The summed E-state index contributed by atoms with van der Waals surface area (Å²) < 4.78 is 2.00. The first-order chi connectivity index (χ1) is 9.24.